The van der Waals surface area contributed by atoms with Crippen molar-refractivity contribution in [2.45, 2.75) is 20.3 Å². The Morgan fingerprint density at radius 3 is 2.79 bits per heavy atom. The molecule has 4 rings (SSSR count). The SMILES string of the molecule is Cc1c(C(=O)N2CCC(C)(CN)C2)oc2c1ccc1ccccc12. The van der Waals surface area contributed by atoms with Crippen molar-refractivity contribution in [3.05, 3.63) is 47.7 Å². The van der Waals surface area contributed by atoms with Gasteiger partial charge in [-0.05, 0) is 30.7 Å². The van der Waals surface area contributed by atoms with Crippen LogP contribution >= 0.6 is 0 Å². The Morgan fingerprint density at radius 1 is 1.25 bits per heavy atom. The van der Waals surface area contributed by atoms with Crippen LogP contribution in [0.1, 0.15) is 29.5 Å². The first-order valence-corrected chi connectivity index (χ1v) is 8.43. The zero-order chi connectivity index (χ0) is 16.9. The van der Waals surface area contributed by atoms with Gasteiger partial charge in [0, 0.05) is 29.4 Å². The van der Waals surface area contributed by atoms with Crippen LogP contribution in [0.3, 0.4) is 0 Å². The number of rotatable bonds is 2. The zero-order valence-corrected chi connectivity index (χ0v) is 14.1. The number of carbonyl (C=O) groups excluding carboxylic acids is 1. The Labute approximate surface area is 141 Å². The van der Waals surface area contributed by atoms with E-state index in [2.05, 4.69) is 19.1 Å². The number of carbonyl (C=O) groups is 1. The van der Waals surface area contributed by atoms with E-state index in [4.69, 9.17) is 10.2 Å². The summed E-state index contributed by atoms with van der Waals surface area (Å²) in [5, 5.41) is 3.18. The zero-order valence-electron chi connectivity index (χ0n) is 14.1. The summed E-state index contributed by atoms with van der Waals surface area (Å²) in [4.78, 5) is 14.8. The van der Waals surface area contributed by atoms with E-state index in [1.165, 1.54) is 0 Å². The first kappa shape index (κ1) is 15.2. The fourth-order valence-electron chi connectivity index (χ4n) is 3.66. The fourth-order valence-corrected chi connectivity index (χ4v) is 3.66. The van der Waals surface area contributed by atoms with Crippen LogP contribution in [-0.4, -0.2) is 30.4 Å². The van der Waals surface area contributed by atoms with Gasteiger partial charge in [0.25, 0.3) is 5.91 Å². The Balaban J connectivity index is 1.79. The molecule has 1 aliphatic rings. The summed E-state index contributed by atoms with van der Waals surface area (Å²) in [5.41, 5.74) is 7.60. The molecule has 1 aromatic heterocycles. The molecule has 1 unspecified atom stereocenters. The molecule has 0 radical (unpaired) electrons. The van der Waals surface area contributed by atoms with Crippen LogP contribution in [-0.2, 0) is 0 Å². The summed E-state index contributed by atoms with van der Waals surface area (Å²) in [5.74, 6) is 0.438. The van der Waals surface area contributed by atoms with Crippen molar-refractivity contribution in [2.75, 3.05) is 19.6 Å². The van der Waals surface area contributed by atoms with Gasteiger partial charge < -0.3 is 15.1 Å². The molecule has 1 atom stereocenters. The lowest BCUT2D eigenvalue weighted by Crippen LogP contribution is -2.34. The van der Waals surface area contributed by atoms with Crippen LogP contribution < -0.4 is 5.73 Å². The maximum Gasteiger partial charge on any atom is 0.289 e. The molecule has 124 valence electrons. The summed E-state index contributed by atoms with van der Waals surface area (Å²) < 4.78 is 6.07. The molecule has 1 fully saturated rings. The fraction of sp³-hybridized carbons (Fsp3) is 0.350. The molecule has 1 amide bonds. The summed E-state index contributed by atoms with van der Waals surface area (Å²) in [6.45, 7) is 6.13. The van der Waals surface area contributed by atoms with Gasteiger partial charge in [-0.15, -0.1) is 0 Å². The van der Waals surface area contributed by atoms with Crippen LogP contribution in [0.15, 0.2) is 40.8 Å². The van der Waals surface area contributed by atoms with E-state index in [0.717, 1.165) is 40.3 Å². The average Bonchev–Trinajstić information content (AvgIpc) is 3.16. The lowest BCUT2D eigenvalue weighted by molar-refractivity contribution is 0.0747. The third-order valence-corrected chi connectivity index (χ3v) is 5.36. The van der Waals surface area contributed by atoms with Crippen LogP contribution in [0.4, 0.5) is 0 Å². The molecule has 0 saturated carbocycles. The average molecular weight is 322 g/mol. The highest BCUT2D eigenvalue weighted by atomic mass is 16.3. The number of amides is 1. The third-order valence-electron chi connectivity index (χ3n) is 5.36. The van der Waals surface area contributed by atoms with Gasteiger partial charge in [0.1, 0.15) is 5.58 Å². The number of aryl methyl sites for hydroxylation is 1. The number of likely N-dealkylation sites (tertiary alicyclic amines) is 1. The maximum atomic E-state index is 13.0. The molecule has 2 heterocycles. The van der Waals surface area contributed by atoms with Crippen LogP contribution in [0.5, 0.6) is 0 Å². The molecule has 4 nitrogen and oxygen atoms in total. The van der Waals surface area contributed by atoms with Crippen LogP contribution in [0.2, 0.25) is 0 Å². The van der Waals surface area contributed by atoms with Crippen LogP contribution in [0, 0.1) is 12.3 Å². The number of benzene rings is 2. The smallest absolute Gasteiger partial charge is 0.289 e. The number of nitrogens with zero attached hydrogens (tertiary/aromatic N) is 1. The quantitative estimate of drug-likeness (QED) is 0.782. The second-order valence-electron chi connectivity index (χ2n) is 7.21. The first-order chi connectivity index (χ1) is 11.5. The van der Waals surface area contributed by atoms with Crippen molar-refractivity contribution < 1.29 is 9.21 Å². The molecule has 3 aromatic rings. The van der Waals surface area contributed by atoms with Crippen molar-refractivity contribution in [3.63, 3.8) is 0 Å². The number of hydrogen-bond donors (Lipinski definition) is 1. The largest absolute Gasteiger partial charge is 0.450 e. The number of fused-ring (bicyclic) bond motifs is 3. The van der Waals surface area contributed by atoms with E-state index in [0.29, 0.717) is 18.8 Å². The molecule has 1 saturated heterocycles. The highest BCUT2D eigenvalue weighted by Gasteiger charge is 2.36. The molecule has 2 aromatic carbocycles. The van der Waals surface area contributed by atoms with Gasteiger partial charge in [0.2, 0.25) is 0 Å². The van der Waals surface area contributed by atoms with Crippen molar-refractivity contribution in [2.24, 2.45) is 11.1 Å². The van der Waals surface area contributed by atoms with Gasteiger partial charge in [0.05, 0.1) is 0 Å². The second-order valence-corrected chi connectivity index (χ2v) is 7.21. The van der Waals surface area contributed by atoms with E-state index in [1.54, 1.807) is 0 Å². The van der Waals surface area contributed by atoms with Gasteiger partial charge in [-0.25, -0.2) is 0 Å². The molecular formula is C20H22N2O2. The lowest BCUT2D eigenvalue weighted by atomic mass is 9.90. The van der Waals surface area contributed by atoms with Gasteiger partial charge in [-0.2, -0.15) is 0 Å². The van der Waals surface area contributed by atoms with E-state index < -0.39 is 0 Å². The minimum atomic E-state index is -0.0232. The predicted molar refractivity (Wildman–Crippen MR) is 96.1 cm³/mol. The van der Waals surface area contributed by atoms with Crippen molar-refractivity contribution in [1.82, 2.24) is 4.90 Å². The van der Waals surface area contributed by atoms with E-state index >= 15 is 0 Å². The molecular weight excluding hydrogens is 300 g/mol. The molecule has 2 N–H and O–H groups in total. The van der Waals surface area contributed by atoms with E-state index in [1.807, 2.05) is 36.1 Å². The molecule has 24 heavy (non-hydrogen) atoms. The normalized spacial score (nSPS) is 21.0. The Morgan fingerprint density at radius 2 is 2.04 bits per heavy atom. The highest BCUT2D eigenvalue weighted by molar-refractivity contribution is 6.08. The van der Waals surface area contributed by atoms with Gasteiger partial charge in [-0.3, -0.25) is 4.79 Å². The topological polar surface area (TPSA) is 59.5 Å². The van der Waals surface area contributed by atoms with Gasteiger partial charge in [0.15, 0.2) is 5.76 Å². The number of hydrogen-bond acceptors (Lipinski definition) is 3. The summed E-state index contributed by atoms with van der Waals surface area (Å²) in [7, 11) is 0. The van der Waals surface area contributed by atoms with Gasteiger partial charge >= 0.3 is 0 Å². The van der Waals surface area contributed by atoms with E-state index in [9.17, 15) is 4.79 Å². The van der Waals surface area contributed by atoms with E-state index in [-0.39, 0.29) is 11.3 Å². The first-order valence-electron chi connectivity index (χ1n) is 8.43. The van der Waals surface area contributed by atoms with Crippen molar-refractivity contribution in [1.29, 1.82) is 0 Å². The summed E-state index contributed by atoms with van der Waals surface area (Å²) >= 11 is 0. The third kappa shape index (κ3) is 2.21. The second kappa shape index (κ2) is 5.35. The lowest BCUT2D eigenvalue weighted by Gasteiger charge is -2.22. The Kier molecular flexibility index (Phi) is 3.39. The molecule has 0 bridgehead atoms. The molecule has 0 aliphatic carbocycles. The predicted octanol–water partition coefficient (Wildman–Crippen LogP) is 3.71. The standard InChI is InChI=1S/C20H22N2O2/c1-13-15-8-7-14-5-3-4-6-16(14)18(15)24-17(13)19(23)22-10-9-20(2,11-21)12-22/h3-8H,9-12,21H2,1-2H3. The Hall–Kier alpha value is -2.33. The van der Waals surface area contributed by atoms with Crippen molar-refractivity contribution >= 4 is 27.6 Å². The summed E-state index contributed by atoms with van der Waals surface area (Å²) in [6, 6.07) is 12.2. The monoisotopic (exact) mass is 322 g/mol. The highest BCUT2D eigenvalue weighted by Crippen LogP contribution is 2.34. The molecule has 0 spiro atoms. The van der Waals surface area contributed by atoms with Crippen LogP contribution in [0.25, 0.3) is 21.7 Å². The number of nitrogens with two attached hydrogens (primary N) is 1. The number of furan rings is 1. The minimum absolute atomic E-state index is 0.0161. The van der Waals surface area contributed by atoms with Crippen molar-refractivity contribution in [3.8, 4) is 0 Å². The maximum absolute atomic E-state index is 13.0. The molecule has 1 aliphatic heterocycles. The summed E-state index contributed by atoms with van der Waals surface area (Å²) in [6.07, 6.45) is 0.942. The minimum Gasteiger partial charge on any atom is -0.450 e. The molecule has 4 heteroatoms. The van der Waals surface area contributed by atoms with Gasteiger partial charge in [-0.1, -0.05) is 43.3 Å². The Bertz CT molecular complexity index is 943.